The molecule has 0 radical (unpaired) electrons. The first kappa shape index (κ1) is 39.9. The van der Waals surface area contributed by atoms with Crippen LogP contribution in [0.5, 0.6) is 0 Å². The lowest BCUT2D eigenvalue weighted by Gasteiger charge is -2.45. The van der Waals surface area contributed by atoms with Crippen LogP contribution in [0.1, 0.15) is 22.3 Å². The number of hydrogen-bond acceptors (Lipinski definition) is 3. The van der Waals surface area contributed by atoms with E-state index in [0.717, 1.165) is 51.2 Å². The van der Waals surface area contributed by atoms with Gasteiger partial charge in [-0.3, -0.25) is 0 Å². The summed E-state index contributed by atoms with van der Waals surface area (Å²) in [5.74, 6) is 0. The maximum Gasteiger partial charge on any atom is 0.0755 e. The van der Waals surface area contributed by atoms with E-state index in [2.05, 4.69) is 288 Å². The van der Waals surface area contributed by atoms with E-state index in [0.29, 0.717) is 0 Å². The molecule has 12 aromatic rings. The van der Waals surface area contributed by atoms with E-state index in [9.17, 15) is 0 Å². The van der Waals surface area contributed by atoms with Gasteiger partial charge >= 0.3 is 0 Å². The predicted molar refractivity (Wildman–Crippen MR) is 294 cm³/mol. The number of hydrogen-bond donors (Lipinski definition) is 0. The highest BCUT2D eigenvalue weighted by Gasteiger charge is 2.53. The van der Waals surface area contributed by atoms with E-state index in [1.54, 1.807) is 0 Å². The van der Waals surface area contributed by atoms with Crippen molar-refractivity contribution in [1.82, 2.24) is 0 Å². The molecule has 328 valence electrons. The molecule has 0 bridgehead atoms. The first-order valence-corrected chi connectivity index (χ1v) is 24.2. The summed E-state index contributed by atoms with van der Waals surface area (Å²) in [6, 6.07) is 101. The molecule has 0 aromatic heterocycles. The summed E-state index contributed by atoms with van der Waals surface area (Å²) >= 11 is 0. The Kier molecular flexibility index (Phi) is 9.11. The normalized spacial score (nSPS) is 12.9. The molecule has 2 aliphatic rings. The molecule has 14 rings (SSSR count). The summed E-state index contributed by atoms with van der Waals surface area (Å²) in [5.41, 5.74) is 16.8. The quantitative estimate of drug-likeness (QED) is 0.148. The second-order valence-electron chi connectivity index (χ2n) is 18.4. The lowest BCUT2D eigenvalue weighted by Crippen LogP contribution is -2.36. The molecule has 1 aliphatic carbocycles. The van der Waals surface area contributed by atoms with Gasteiger partial charge in [-0.2, -0.15) is 0 Å². The van der Waals surface area contributed by atoms with Crippen LogP contribution >= 0.6 is 0 Å². The Balaban J connectivity index is 1.12. The molecule has 1 heterocycles. The molecule has 70 heavy (non-hydrogen) atoms. The Hall–Kier alpha value is -9.18. The average Bonchev–Trinajstić information content (AvgIpc) is 3.74. The van der Waals surface area contributed by atoms with Crippen molar-refractivity contribution in [3.8, 4) is 11.1 Å². The highest BCUT2D eigenvalue weighted by molar-refractivity contribution is 6.15. The minimum atomic E-state index is -0.718. The summed E-state index contributed by atoms with van der Waals surface area (Å²) in [6.07, 6.45) is 0. The molecule has 0 amide bonds. The van der Waals surface area contributed by atoms with Crippen LogP contribution < -0.4 is 14.7 Å². The van der Waals surface area contributed by atoms with E-state index in [1.807, 2.05) is 0 Å². The van der Waals surface area contributed by atoms with Gasteiger partial charge in [-0.05, 0) is 128 Å². The van der Waals surface area contributed by atoms with Crippen LogP contribution in [0, 0.1) is 0 Å². The molecule has 0 fully saturated rings. The van der Waals surface area contributed by atoms with E-state index in [1.165, 1.54) is 65.7 Å². The van der Waals surface area contributed by atoms with Gasteiger partial charge in [0, 0.05) is 39.1 Å². The molecule has 0 N–H and O–H groups in total. The van der Waals surface area contributed by atoms with Crippen molar-refractivity contribution in [1.29, 1.82) is 0 Å². The van der Waals surface area contributed by atoms with Gasteiger partial charge in [0.2, 0.25) is 0 Å². The van der Waals surface area contributed by atoms with Crippen molar-refractivity contribution in [2.45, 2.75) is 5.41 Å². The zero-order valence-corrected chi connectivity index (χ0v) is 38.3. The molecule has 0 saturated carbocycles. The average molecular weight is 892 g/mol. The minimum Gasteiger partial charge on any atom is -0.310 e. The Morgan fingerprint density at radius 1 is 0.286 bits per heavy atom. The van der Waals surface area contributed by atoms with Gasteiger partial charge in [-0.15, -0.1) is 0 Å². The van der Waals surface area contributed by atoms with Crippen molar-refractivity contribution in [2.75, 3.05) is 14.7 Å². The van der Waals surface area contributed by atoms with Gasteiger partial charge in [0.25, 0.3) is 0 Å². The maximum absolute atomic E-state index is 2.52. The number of para-hydroxylation sites is 5. The molecule has 1 aliphatic heterocycles. The third-order valence-corrected chi connectivity index (χ3v) is 14.8. The molecule has 0 atom stereocenters. The molecule has 0 saturated heterocycles. The monoisotopic (exact) mass is 891 g/mol. The summed E-state index contributed by atoms with van der Waals surface area (Å²) in [6.45, 7) is 0. The second-order valence-corrected chi connectivity index (χ2v) is 18.4. The van der Waals surface area contributed by atoms with Crippen LogP contribution in [0.4, 0.5) is 51.2 Å². The third-order valence-electron chi connectivity index (χ3n) is 14.8. The third kappa shape index (κ3) is 5.88. The van der Waals surface area contributed by atoms with E-state index < -0.39 is 5.41 Å². The summed E-state index contributed by atoms with van der Waals surface area (Å²) in [7, 11) is 0. The van der Waals surface area contributed by atoms with Crippen LogP contribution in [-0.2, 0) is 5.41 Å². The molecule has 3 nitrogen and oxygen atoms in total. The van der Waals surface area contributed by atoms with Crippen molar-refractivity contribution in [2.24, 2.45) is 0 Å². The van der Waals surface area contributed by atoms with Crippen molar-refractivity contribution in [3.63, 3.8) is 0 Å². The van der Waals surface area contributed by atoms with E-state index in [-0.39, 0.29) is 0 Å². The molecule has 12 aromatic carbocycles. The van der Waals surface area contributed by atoms with Gasteiger partial charge in [0.1, 0.15) is 0 Å². The fourth-order valence-electron chi connectivity index (χ4n) is 12.0. The summed E-state index contributed by atoms with van der Waals surface area (Å²) in [5, 5.41) is 7.29. The standard InChI is InChI=1S/C67H45N3/c1-4-25-48(26-5-1)68(61-40-20-24-46-22-10-13-32-53(46)61)51-42-43-56-60(45-51)67(57-35-16-18-38-62(57)69(49-27-6-2-7-28-49)63-39-19-17-36-58(63)67)59-37-21-41-64(66(56)59)70(50-29-8-3-9-30-50)65-44-47-23-11-12-31-52(47)54-33-14-15-34-55(54)65/h1-45H. The topological polar surface area (TPSA) is 9.72 Å². The van der Waals surface area contributed by atoms with Gasteiger partial charge < -0.3 is 14.7 Å². The van der Waals surface area contributed by atoms with Gasteiger partial charge in [-0.1, -0.05) is 194 Å². The SMILES string of the molecule is c1ccc(N2c3ccccc3C3(c4cc(N(c5ccccc5)c5cccc6ccccc56)ccc4-c4c(N(c5ccccc5)c5cc6ccccc6c6ccccc56)cccc43)c3ccccc32)cc1. The van der Waals surface area contributed by atoms with Crippen LogP contribution in [-0.4, -0.2) is 0 Å². The fraction of sp³-hybridized carbons (Fsp3) is 0.0149. The van der Waals surface area contributed by atoms with Crippen LogP contribution in [0.15, 0.2) is 273 Å². The van der Waals surface area contributed by atoms with Crippen LogP contribution in [0.25, 0.3) is 43.4 Å². The number of nitrogens with zero attached hydrogens (tertiary/aromatic N) is 3. The van der Waals surface area contributed by atoms with Crippen molar-refractivity contribution >= 4 is 83.5 Å². The first-order chi connectivity index (χ1) is 34.8. The second kappa shape index (κ2) is 16.0. The first-order valence-electron chi connectivity index (χ1n) is 24.2. The number of fused-ring (bicyclic) bond motifs is 13. The van der Waals surface area contributed by atoms with Crippen molar-refractivity contribution < 1.29 is 0 Å². The number of anilines is 9. The van der Waals surface area contributed by atoms with Gasteiger partial charge in [-0.25, -0.2) is 0 Å². The lowest BCUT2D eigenvalue weighted by molar-refractivity contribution is 0.752. The zero-order valence-electron chi connectivity index (χ0n) is 38.3. The maximum atomic E-state index is 2.52. The van der Waals surface area contributed by atoms with Crippen molar-refractivity contribution in [3.05, 3.63) is 295 Å². The van der Waals surface area contributed by atoms with Crippen LogP contribution in [0.2, 0.25) is 0 Å². The van der Waals surface area contributed by atoms with Gasteiger partial charge in [0.05, 0.1) is 33.9 Å². The minimum absolute atomic E-state index is 0.718. The fourth-order valence-corrected chi connectivity index (χ4v) is 12.0. The van der Waals surface area contributed by atoms with E-state index >= 15 is 0 Å². The van der Waals surface area contributed by atoms with Crippen LogP contribution in [0.3, 0.4) is 0 Å². The Bertz CT molecular complexity index is 3920. The predicted octanol–water partition coefficient (Wildman–Crippen LogP) is 18.2. The Labute approximate surface area is 408 Å². The molecule has 1 spiro atoms. The smallest absolute Gasteiger partial charge is 0.0755 e. The summed E-state index contributed by atoms with van der Waals surface area (Å²) in [4.78, 5) is 7.44. The molecule has 0 unspecified atom stereocenters. The Morgan fingerprint density at radius 2 is 0.800 bits per heavy atom. The zero-order chi connectivity index (χ0) is 46.2. The number of rotatable bonds is 7. The lowest BCUT2D eigenvalue weighted by atomic mass is 9.64. The Morgan fingerprint density at radius 3 is 1.51 bits per heavy atom. The largest absolute Gasteiger partial charge is 0.310 e. The summed E-state index contributed by atoms with van der Waals surface area (Å²) < 4.78 is 0. The highest BCUT2D eigenvalue weighted by atomic mass is 15.2. The molecular weight excluding hydrogens is 847 g/mol. The number of benzene rings is 12. The molecule has 3 heteroatoms. The van der Waals surface area contributed by atoms with Gasteiger partial charge in [0.15, 0.2) is 0 Å². The highest BCUT2D eigenvalue weighted by Crippen LogP contribution is 2.66. The molecular formula is C67H45N3. The van der Waals surface area contributed by atoms with E-state index in [4.69, 9.17) is 0 Å².